The average Bonchev–Trinajstić information content (AvgIpc) is 2.61. The van der Waals surface area contributed by atoms with Crippen LogP contribution in [0, 0.1) is 0 Å². The van der Waals surface area contributed by atoms with Gasteiger partial charge in [0.25, 0.3) is 11.3 Å². The lowest BCUT2D eigenvalue weighted by molar-refractivity contribution is 0.178. The Balaban J connectivity index is 2.59. The molecule has 6 nitrogen and oxygen atoms in total. The molecule has 0 aliphatic heterocycles. The van der Waals surface area contributed by atoms with Crippen molar-refractivity contribution in [1.82, 2.24) is 19.6 Å². The first-order valence-electron chi connectivity index (χ1n) is 4.71. The first kappa shape index (κ1) is 9.85. The van der Waals surface area contributed by atoms with Crippen molar-refractivity contribution in [2.75, 3.05) is 7.11 Å². The molecule has 2 rings (SSSR count). The molecule has 0 radical (unpaired) electrons. The number of aryl methyl sites for hydroxylation is 1. The van der Waals surface area contributed by atoms with E-state index < -0.39 is 0 Å². The maximum atomic E-state index is 11.6. The lowest BCUT2D eigenvalue weighted by Crippen LogP contribution is -2.15. The van der Waals surface area contributed by atoms with Crippen molar-refractivity contribution >= 4 is 5.78 Å². The zero-order chi connectivity index (χ0) is 10.8. The Morgan fingerprint density at radius 2 is 2.33 bits per heavy atom. The highest BCUT2D eigenvalue weighted by Crippen LogP contribution is 1.98. The standard InChI is InChI=1S/C9H12N4O2/c1-3-6-4-8(14)13-9(10-6)11-7(12-13)5-15-2/h4H,3,5H2,1-2H3,(H,10,11,12). The minimum Gasteiger partial charge on any atom is -0.377 e. The van der Waals surface area contributed by atoms with Gasteiger partial charge in [-0.2, -0.15) is 9.50 Å². The van der Waals surface area contributed by atoms with Crippen LogP contribution in [0.2, 0.25) is 0 Å². The third-order valence-corrected chi connectivity index (χ3v) is 2.07. The molecule has 15 heavy (non-hydrogen) atoms. The number of fused-ring (bicyclic) bond motifs is 1. The van der Waals surface area contributed by atoms with Crippen molar-refractivity contribution < 1.29 is 4.74 Å². The molecule has 6 heteroatoms. The minimum absolute atomic E-state index is 0.147. The number of hydrogen-bond donors (Lipinski definition) is 1. The van der Waals surface area contributed by atoms with Gasteiger partial charge in [-0.3, -0.25) is 9.89 Å². The van der Waals surface area contributed by atoms with Crippen molar-refractivity contribution in [3.8, 4) is 0 Å². The first-order chi connectivity index (χ1) is 7.24. The zero-order valence-electron chi connectivity index (χ0n) is 8.65. The fourth-order valence-corrected chi connectivity index (χ4v) is 1.35. The molecule has 0 amide bonds. The third kappa shape index (κ3) is 1.75. The van der Waals surface area contributed by atoms with Crippen LogP contribution in [0.15, 0.2) is 10.9 Å². The van der Waals surface area contributed by atoms with Crippen LogP contribution in [0.3, 0.4) is 0 Å². The molecule has 2 heterocycles. The van der Waals surface area contributed by atoms with Gasteiger partial charge in [0.15, 0.2) is 5.82 Å². The van der Waals surface area contributed by atoms with Gasteiger partial charge in [-0.25, -0.2) is 4.98 Å². The van der Waals surface area contributed by atoms with E-state index in [1.807, 2.05) is 6.92 Å². The molecular formula is C9H12N4O2. The molecule has 80 valence electrons. The van der Waals surface area contributed by atoms with E-state index in [0.29, 0.717) is 18.2 Å². The number of methoxy groups -OCH3 is 1. The van der Waals surface area contributed by atoms with E-state index in [9.17, 15) is 4.79 Å². The second-order valence-electron chi connectivity index (χ2n) is 3.18. The van der Waals surface area contributed by atoms with E-state index in [2.05, 4.69) is 15.1 Å². The Kier molecular flexibility index (Phi) is 2.51. The Bertz CT molecular complexity index is 528. The van der Waals surface area contributed by atoms with E-state index in [0.717, 1.165) is 12.1 Å². The number of aromatic nitrogens is 4. The molecule has 2 aromatic rings. The van der Waals surface area contributed by atoms with Crippen molar-refractivity contribution in [2.24, 2.45) is 0 Å². The van der Waals surface area contributed by atoms with Crippen molar-refractivity contribution in [3.63, 3.8) is 0 Å². The van der Waals surface area contributed by atoms with Gasteiger partial charge in [0.1, 0.15) is 6.61 Å². The molecule has 0 saturated carbocycles. The normalized spacial score (nSPS) is 11.1. The van der Waals surface area contributed by atoms with Gasteiger partial charge < -0.3 is 4.74 Å². The monoisotopic (exact) mass is 208 g/mol. The summed E-state index contributed by atoms with van der Waals surface area (Å²) >= 11 is 0. The highest BCUT2D eigenvalue weighted by Gasteiger charge is 2.06. The lowest BCUT2D eigenvalue weighted by atomic mass is 10.3. The van der Waals surface area contributed by atoms with E-state index in [4.69, 9.17) is 4.74 Å². The van der Waals surface area contributed by atoms with E-state index >= 15 is 0 Å². The van der Waals surface area contributed by atoms with Gasteiger partial charge >= 0.3 is 0 Å². The number of rotatable bonds is 3. The van der Waals surface area contributed by atoms with Gasteiger partial charge in [0.2, 0.25) is 0 Å². The summed E-state index contributed by atoms with van der Waals surface area (Å²) in [4.78, 5) is 20.0. The summed E-state index contributed by atoms with van der Waals surface area (Å²) in [7, 11) is 1.57. The summed E-state index contributed by atoms with van der Waals surface area (Å²) in [5.74, 6) is 0.988. The zero-order valence-corrected chi connectivity index (χ0v) is 8.65. The summed E-state index contributed by atoms with van der Waals surface area (Å²) in [5.41, 5.74) is 0.599. The van der Waals surface area contributed by atoms with E-state index in [1.54, 1.807) is 7.11 Å². The maximum Gasteiger partial charge on any atom is 0.274 e. The quantitative estimate of drug-likeness (QED) is 0.778. The second kappa shape index (κ2) is 3.82. The summed E-state index contributed by atoms with van der Waals surface area (Å²) < 4.78 is 6.23. The van der Waals surface area contributed by atoms with Crippen LogP contribution in [0.5, 0.6) is 0 Å². The van der Waals surface area contributed by atoms with Crippen LogP contribution in [0.1, 0.15) is 18.4 Å². The minimum atomic E-state index is -0.147. The summed E-state index contributed by atoms with van der Waals surface area (Å²) in [6.07, 6.45) is 0.720. The molecule has 0 spiro atoms. The molecule has 0 unspecified atom stereocenters. The van der Waals surface area contributed by atoms with Crippen molar-refractivity contribution in [3.05, 3.63) is 27.9 Å². The molecule has 0 aliphatic rings. The smallest absolute Gasteiger partial charge is 0.274 e. The molecule has 0 bridgehead atoms. The number of H-pyrrole nitrogens is 1. The van der Waals surface area contributed by atoms with Gasteiger partial charge in [0.05, 0.1) is 0 Å². The van der Waals surface area contributed by atoms with Crippen LogP contribution < -0.4 is 5.56 Å². The van der Waals surface area contributed by atoms with Gasteiger partial charge in [-0.05, 0) is 6.42 Å². The van der Waals surface area contributed by atoms with Crippen molar-refractivity contribution in [2.45, 2.75) is 20.0 Å². The lowest BCUT2D eigenvalue weighted by Gasteiger charge is -1.94. The average molecular weight is 208 g/mol. The Morgan fingerprint density at radius 3 is 3.00 bits per heavy atom. The Labute approximate surface area is 85.9 Å². The highest BCUT2D eigenvalue weighted by atomic mass is 16.5. The van der Waals surface area contributed by atoms with Crippen LogP contribution in [-0.2, 0) is 17.8 Å². The first-order valence-corrected chi connectivity index (χ1v) is 4.71. The third-order valence-electron chi connectivity index (χ3n) is 2.07. The van der Waals surface area contributed by atoms with E-state index in [1.165, 1.54) is 10.6 Å². The predicted molar refractivity (Wildman–Crippen MR) is 53.7 cm³/mol. The van der Waals surface area contributed by atoms with Gasteiger partial charge in [-0.1, -0.05) is 6.92 Å². The molecular weight excluding hydrogens is 196 g/mol. The Morgan fingerprint density at radius 1 is 1.53 bits per heavy atom. The van der Waals surface area contributed by atoms with Gasteiger partial charge in [0, 0.05) is 18.9 Å². The highest BCUT2D eigenvalue weighted by molar-refractivity contribution is 5.27. The fraction of sp³-hybridized carbons (Fsp3) is 0.444. The second-order valence-corrected chi connectivity index (χ2v) is 3.18. The predicted octanol–water partition coefficient (Wildman–Crippen LogP) is 0.126. The number of aromatic amines is 1. The Hall–Kier alpha value is -1.69. The SMILES string of the molecule is CCc1cc(=O)n2[nH]c(COC)nc2n1. The van der Waals surface area contributed by atoms with Crippen molar-refractivity contribution in [1.29, 1.82) is 0 Å². The largest absolute Gasteiger partial charge is 0.377 e. The molecule has 0 saturated heterocycles. The summed E-state index contributed by atoms with van der Waals surface area (Å²) in [6, 6.07) is 1.50. The number of hydrogen-bond acceptors (Lipinski definition) is 4. The summed E-state index contributed by atoms with van der Waals surface area (Å²) in [5, 5.41) is 2.82. The number of ether oxygens (including phenoxy) is 1. The molecule has 0 fully saturated rings. The topological polar surface area (TPSA) is 72.3 Å². The summed E-state index contributed by atoms with van der Waals surface area (Å²) in [6.45, 7) is 2.28. The molecule has 0 atom stereocenters. The van der Waals surface area contributed by atoms with Crippen LogP contribution in [0.25, 0.3) is 5.78 Å². The fourth-order valence-electron chi connectivity index (χ4n) is 1.35. The molecule has 2 aromatic heterocycles. The number of nitrogens with zero attached hydrogens (tertiary/aromatic N) is 3. The molecule has 1 N–H and O–H groups in total. The van der Waals surface area contributed by atoms with Crippen LogP contribution in [0.4, 0.5) is 0 Å². The van der Waals surface area contributed by atoms with Gasteiger partial charge in [-0.15, -0.1) is 0 Å². The molecule has 0 aliphatic carbocycles. The van der Waals surface area contributed by atoms with Crippen LogP contribution >= 0.6 is 0 Å². The number of nitrogens with one attached hydrogen (secondary N) is 1. The molecule has 0 aromatic carbocycles. The maximum absolute atomic E-state index is 11.6. The van der Waals surface area contributed by atoms with Crippen LogP contribution in [-0.4, -0.2) is 26.7 Å². The van der Waals surface area contributed by atoms with E-state index in [-0.39, 0.29) is 5.56 Å².